The summed E-state index contributed by atoms with van der Waals surface area (Å²) in [5.74, 6) is -0.896. The lowest BCUT2D eigenvalue weighted by Gasteiger charge is -1.97. The molecular formula is C10H8BrN3O4S. The summed E-state index contributed by atoms with van der Waals surface area (Å²) in [7, 11) is 0. The monoisotopic (exact) mass is 345 g/mol. The molecule has 100 valence electrons. The first kappa shape index (κ1) is 13.8. The second-order valence-electron chi connectivity index (χ2n) is 3.49. The van der Waals surface area contributed by atoms with Gasteiger partial charge in [-0.2, -0.15) is 5.10 Å². The van der Waals surface area contributed by atoms with Gasteiger partial charge in [0.25, 0.3) is 0 Å². The fourth-order valence-electron chi connectivity index (χ4n) is 1.28. The highest BCUT2D eigenvalue weighted by molar-refractivity contribution is 9.10. The van der Waals surface area contributed by atoms with Gasteiger partial charge in [-0.15, -0.1) is 5.10 Å². The molecule has 1 aromatic heterocycles. The summed E-state index contributed by atoms with van der Waals surface area (Å²) in [6.45, 7) is 0. The van der Waals surface area contributed by atoms with Crippen LogP contribution in [0.15, 0.2) is 31.4 Å². The third-order valence-corrected chi connectivity index (χ3v) is 3.56. The second kappa shape index (κ2) is 6.02. The lowest BCUT2D eigenvalue weighted by molar-refractivity contribution is -0.138. The molecule has 7 nitrogen and oxygen atoms in total. The van der Waals surface area contributed by atoms with Gasteiger partial charge in [-0.3, -0.25) is 9.59 Å². The number of rotatable bonds is 4. The number of amidine groups is 1. The Labute approximate surface area is 120 Å². The molecule has 9 heteroatoms. The minimum absolute atomic E-state index is 0.246. The fraction of sp³-hybridized carbons (Fsp3) is 0.200. The molecule has 1 aliphatic heterocycles. The highest BCUT2D eigenvalue weighted by atomic mass is 79.9. The third-order valence-electron chi connectivity index (χ3n) is 2.06. The molecule has 0 spiro atoms. The number of nitrogens with zero attached hydrogens (tertiary/aromatic N) is 2. The summed E-state index contributed by atoms with van der Waals surface area (Å²) in [6.07, 6.45) is 1.14. The zero-order chi connectivity index (χ0) is 13.8. The van der Waals surface area contributed by atoms with Crippen LogP contribution in [0, 0.1) is 0 Å². The van der Waals surface area contributed by atoms with Crippen LogP contribution >= 0.6 is 27.7 Å². The Morgan fingerprint density at radius 3 is 3.05 bits per heavy atom. The average Bonchev–Trinajstić information content (AvgIpc) is 2.86. The number of carbonyl (C=O) groups excluding carboxylic acids is 1. The van der Waals surface area contributed by atoms with Crippen LogP contribution in [0.1, 0.15) is 12.2 Å². The van der Waals surface area contributed by atoms with Crippen molar-refractivity contribution in [2.24, 2.45) is 10.2 Å². The van der Waals surface area contributed by atoms with Crippen molar-refractivity contribution < 1.29 is 19.1 Å². The van der Waals surface area contributed by atoms with E-state index >= 15 is 0 Å². The van der Waals surface area contributed by atoms with Crippen molar-refractivity contribution >= 4 is 51.0 Å². The van der Waals surface area contributed by atoms with Gasteiger partial charge in [0.05, 0.1) is 12.6 Å². The number of hydrogen-bond donors (Lipinski definition) is 2. The number of halogens is 1. The standard InChI is InChI=1S/C10H8BrN3O4S/c11-7-2-1-5(18-7)4-12-14-10-13-9(17)6(19-10)3-8(15)16/h1-2,4,6H,3H2,(H,15,16)(H,13,14,17). The molecule has 1 aromatic rings. The Balaban J connectivity index is 1.96. The summed E-state index contributed by atoms with van der Waals surface area (Å²) in [4.78, 5) is 21.9. The fourth-order valence-corrected chi connectivity index (χ4v) is 2.52. The molecule has 1 aliphatic rings. The number of furan rings is 1. The number of thioether (sulfide) groups is 1. The largest absolute Gasteiger partial charge is 0.481 e. The zero-order valence-corrected chi connectivity index (χ0v) is 11.8. The summed E-state index contributed by atoms with van der Waals surface area (Å²) < 4.78 is 5.74. The van der Waals surface area contributed by atoms with E-state index in [9.17, 15) is 9.59 Å². The summed E-state index contributed by atoms with van der Waals surface area (Å²) in [5, 5.41) is 18.2. The van der Waals surface area contributed by atoms with Gasteiger partial charge >= 0.3 is 5.97 Å². The lowest BCUT2D eigenvalue weighted by Crippen LogP contribution is -2.26. The minimum Gasteiger partial charge on any atom is -0.481 e. The van der Waals surface area contributed by atoms with Gasteiger partial charge in [0.1, 0.15) is 11.0 Å². The molecule has 0 aromatic carbocycles. The van der Waals surface area contributed by atoms with E-state index in [1.807, 2.05) is 0 Å². The van der Waals surface area contributed by atoms with Gasteiger partial charge in [-0.25, -0.2) is 0 Å². The van der Waals surface area contributed by atoms with Gasteiger partial charge in [0, 0.05) is 0 Å². The normalized spacial score (nSPS) is 21.2. The van der Waals surface area contributed by atoms with E-state index in [1.54, 1.807) is 12.1 Å². The quantitative estimate of drug-likeness (QED) is 0.634. The predicted octanol–water partition coefficient (Wildman–Crippen LogP) is 1.44. The lowest BCUT2D eigenvalue weighted by atomic mass is 10.3. The molecule has 2 heterocycles. The Morgan fingerprint density at radius 1 is 1.63 bits per heavy atom. The van der Waals surface area contributed by atoms with E-state index < -0.39 is 11.2 Å². The molecule has 0 bridgehead atoms. The zero-order valence-electron chi connectivity index (χ0n) is 9.37. The molecule has 1 fully saturated rings. The maximum absolute atomic E-state index is 11.4. The van der Waals surface area contributed by atoms with Gasteiger partial charge in [-0.05, 0) is 28.1 Å². The Kier molecular flexibility index (Phi) is 4.38. The highest BCUT2D eigenvalue weighted by Gasteiger charge is 2.32. The summed E-state index contributed by atoms with van der Waals surface area (Å²) >= 11 is 4.19. The number of hydrogen-bond acceptors (Lipinski definition) is 6. The van der Waals surface area contributed by atoms with E-state index in [2.05, 4.69) is 31.4 Å². The van der Waals surface area contributed by atoms with Crippen LogP contribution in [0.25, 0.3) is 0 Å². The Bertz CT molecular complexity index is 569. The van der Waals surface area contributed by atoms with E-state index in [1.165, 1.54) is 6.21 Å². The van der Waals surface area contributed by atoms with Crippen LogP contribution in [0.3, 0.4) is 0 Å². The molecule has 1 saturated heterocycles. The van der Waals surface area contributed by atoms with Crippen molar-refractivity contribution in [3.63, 3.8) is 0 Å². The van der Waals surface area contributed by atoms with E-state index in [-0.39, 0.29) is 17.5 Å². The number of carboxylic acid groups (broad SMARTS) is 1. The number of amides is 1. The van der Waals surface area contributed by atoms with Gasteiger partial charge in [0.2, 0.25) is 5.91 Å². The number of carbonyl (C=O) groups is 2. The van der Waals surface area contributed by atoms with Gasteiger partial charge in [0.15, 0.2) is 9.84 Å². The Morgan fingerprint density at radius 2 is 2.42 bits per heavy atom. The summed E-state index contributed by atoms with van der Waals surface area (Å²) in [6, 6.07) is 3.41. The number of carboxylic acids is 1. The average molecular weight is 346 g/mol. The van der Waals surface area contributed by atoms with Crippen LogP contribution < -0.4 is 5.32 Å². The molecule has 19 heavy (non-hydrogen) atoms. The molecule has 0 saturated carbocycles. The molecule has 1 atom stereocenters. The third kappa shape index (κ3) is 3.93. The Hall–Kier alpha value is -1.61. The van der Waals surface area contributed by atoms with Crippen molar-refractivity contribution in [1.82, 2.24) is 5.32 Å². The molecule has 2 rings (SSSR count). The second-order valence-corrected chi connectivity index (χ2v) is 5.46. The summed E-state index contributed by atoms with van der Waals surface area (Å²) in [5.41, 5.74) is 0. The van der Waals surface area contributed by atoms with E-state index in [4.69, 9.17) is 9.52 Å². The maximum atomic E-state index is 11.4. The van der Waals surface area contributed by atoms with Crippen molar-refractivity contribution in [3.8, 4) is 0 Å². The topological polar surface area (TPSA) is 104 Å². The maximum Gasteiger partial charge on any atom is 0.305 e. The molecular weight excluding hydrogens is 338 g/mol. The molecule has 1 unspecified atom stereocenters. The smallest absolute Gasteiger partial charge is 0.305 e. The van der Waals surface area contributed by atoms with E-state index in [0.29, 0.717) is 10.4 Å². The molecule has 0 radical (unpaired) electrons. The van der Waals surface area contributed by atoms with Crippen LogP contribution in [0.2, 0.25) is 0 Å². The molecule has 0 aliphatic carbocycles. The van der Waals surface area contributed by atoms with Crippen LogP contribution in [0.4, 0.5) is 0 Å². The van der Waals surface area contributed by atoms with Crippen LogP contribution in [0.5, 0.6) is 0 Å². The van der Waals surface area contributed by atoms with E-state index in [0.717, 1.165) is 11.8 Å². The molecule has 2 N–H and O–H groups in total. The minimum atomic E-state index is -1.03. The number of nitrogens with one attached hydrogen (secondary N) is 1. The van der Waals surface area contributed by atoms with Crippen LogP contribution in [-0.4, -0.2) is 33.6 Å². The highest BCUT2D eigenvalue weighted by Crippen LogP contribution is 2.22. The number of aliphatic carboxylic acids is 1. The van der Waals surface area contributed by atoms with Crippen LogP contribution in [-0.2, 0) is 9.59 Å². The van der Waals surface area contributed by atoms with Gasteiger partial charge < -0.3 is 14.8 Å². The first-order chi connectivity index (χ1) is 9.04. The molecule has 1 amide bonds. The SMILES string of the molecule is O=C(O)CC1S/C(=N\N=Cc2ccc(Br)o2)NC1=O. The van der Waals surface area contributed by atoms with Crippen molar-refractivity contribution in [2.75, 3.05) is 0 Å². The predicted molar refractivity (Wildman–Crippen MR) is 73.2 cm³/mol. The first-order valence-electron chi connectivity index (χ1n) is 5.10. The van der Waals surface area contributed by atoms with Crippen molar-refractivity contribution in [1.29, 1.82) is 0 Å². The first-order valence-corrected chi connectivity index (χ1v) is 6.77. The van der Waals surface area contributed by atoms with Crippen molar-refractivity contribution in [2.45, 2.75) is 11.7 Å². The van der Waals surface area contributed by atoms with Gasteiger partial charge in [-0.1, -0.05) is 11.8 Å². The van der Waals surface area contributed by atoms with Crippen molar-refractivity contribution in [3.05, 3.63) is 22.6 Å².